The predicted octanol–water partition coefficient (Wildman–Crippen LogP) is 2.99. The Kier molecular flexibility index (Phi) is 4.20. The summed E-state index contributed by atoms with van der Waals surface area (Å²) in [5.41, 5.74) is 0.526. The Morgan fingerprint density at radius 3 is 2.89 bits per heavy atom. The molecule has 0 aromatic heterocycles. The molecule has 3 nitrogen and oxygen atoms in total. The third-order valence-corrected chi connectivity index (χ3v) is 3.82. The number of nitrogens with one attached hydrogen (secondary N) is 2. The first-order chi connectivity index (χ1) is 9.09. The van der Waals surface area contributed by atoms with Gasteiger partial charge in [0.2, 0.25) is 5.91 Å². The molecular weight excluding hydrogens is 243 g/mol. The minimum Gasteiger partial charge on any atom is -0.322 e. The number of rotatable bonds is 4. The van der Waals surface area contributed by atoms with Gasteiger partial charge in [-0.05, 0) is 44.4 Å². The summed E-state index contributed by atoms with van der Waals surface area (Å²) in [5.74, 6) is -0.488. The third kappa shape index (κ3) is 2.78. The lowest BCUT2D eigenvalue weighted by Crippen LogP contribution is -2.50. The summed E-state index contributed by atoms with van der Waals surface area (Å²) in [7, 11) is 0. The molecule has 1 aliphatic rings. The smallest absolute Gasteiger partial charge is 0.244 e. The molecular formula is C15H21FN2O. The van der Waals surface area contributed by atoms with Gasteiger partial charge in [0.25, 0.3) is 0 Å². The first-order valence-electron chi connectivity index (χ1n) is 6.90. The van der Waals surface area contributed by atoms with E-state index in [4.69, 9.17) is 0 Å². The highest BCUT2D eigenvalue weighted by Gasteiger charge is 2.40. The van der Waals surface area contributed by atoms with Crippen LogP contribution in [0.5, 0.6) is 0 Å². The molecule has 0 spiro atoms. The minimum absolute atomic E-state index is 0.111. The number of benzene rings is 1. The first kappa shape index (κ1) is 14.0. The Morgan fingerprint density at radius 2 is 2.32 bits per heavy atom. The van der Waals surface area contributed by atoms with Crippen molar-refractivity contribution in [3.8, 4) is 0 Å². The maximum atomic E-state index is 13.8. The molecule has 1 saturated heterocycles. The number of amides is 1. The maximum Gasteiger partial charge on any atom is 0.244 e. The highest BCUT2D eigenvalue weighted by atomic mass is 19.1. The van der Waals surface area contributed by atoms with Crippen LogP contribution in [0.15, 0.2) is 18.2 Å². The van der Waals surface area contributed by atoms with Crippen molar-refractivity contribution in [3.63, 3.8) is 0 Å². The van der Waals surface area contributed by atoms with Crippen molar-refractivity contribution in [1.29, 1.82) is 0 Å². The van der Waals surface area contributed by atoms with Gasteiger partial charge in [0.05, 0.1) is 11.2 Å². The second-order valence-corrected chi connectivity index (χ2v) is 5.25. The maximum absolute atomic E-state index is 13.8. The molecule has 1 aliphatic heterocycles. The number of hydrogen-bond donors (Lipinski definition) is 2. The second kappa shape index (κ2) is 5.70. The van der Waals surface area contributed by atoms with Crippen LogP contribution in [0.2, 0.25) is 0 Å². The first-order valence-corrected chi connectivity index (χ1v) is 6.90. The Labute approximate surface area is 113 Å². The van der Waals surface area contributed by atoms with Crippen molar-refractivity contribution in [3.05, 3.63) is 29.6 Å². The zero-order chi connectivity index (χ0) is 13.9. The molecule has 104 valence electrons. The minimum atomic E-state index is -0.524. The standard InChI is InChI=1S/C15H21FN2O/c1-3-8-15(9-5-10-17-15)14(19)18-13-11(2)6-4-7-12(13)16/h4,6-7,17H,3,5,8-10H2,1-2H3,(H,18,19). The topological polar surface area (TPSA) is 41.1 Å². The van der Waals surface area contributed by atoms with Crippen molar-refractivity contribution in [1.82, 2.24) is 5.32 Å². The van der Waals surface area contributed by atoms with Crippen LogP contribution in [0.4, 0.5) is 10.1 Å². The quantitative estimate of drug-likeness (QED) is 0.877. The third-order valence-electron chi connectivity index (χ3n) is 3.82. The van der Waals surface area contributed by atoms with Gasteiger partial charge >= 0.3 is 0 Å². The van der Waals surface area contributed by atoms with Crippen LogP contribution in [0.25, 0.3) is 0 Å². The average Bonchev–Trinajstić information content (AvgIpc) is 2.84. The molecule has 1 amide bonds. The van der Waals surface area contributed by atoms with Crippen molar-refractivity contribution >= 4 is 11.6 Å². The van der Waals surface area contributed by atoms with E-state index in [9.17, 15) is 9.18 Å². The van der Waals surface area contributed by atoms with Crippen molar-refractivity contribution in [2.75, 3.05) is 11.9 Å². The molecule has 1 heterocycles. The van der Waals surface area contributed by atoms with E-state index in [1.54, 1.807) is 19.1 Å². The number of halogens is 1. The van der Waals surface area contributed by atoms with Gasteiger partial charge < -0.3 is 10.6 Å². The van der Waals surface area contributed by atoms with E-state index in [0.717, 1.165) is 37.8 Å². The monoisotopic (exact) mass is 264 g/mol. The molecule has 1 atom stereocenters. The van der Waals surface area contributed by atoms with E-state index in [1.807, 2.05) is 0 Å². The lowest BCUT2D eigenvalue weighted by molar-refractivity contribution is -0.122. The van der Waals surface area contributed by atoms with Gasteiger partial charge in [-0.3, -0.25) is 4.79 Å². The molecule has 4 heteroatoms. The zero-order valence-corrected chi connectivity index (χ0v) is 11.6. The van der Waals surface area contributed by atoms with E-state index in [2.05, 4.69) is 17.6 Å². The molecule has 1 aromatic rings. The second-order valence-electron chi connectivity index (χ2n) is 5.25. The van der Waals surface area contributed by atoms with Gasteiger partial charge in [-0.2, -0.15) is 0 Å². The number of aryl methyl sites for hydroxylation is 1. The molecule has 0 aliphatic carbocycles. The number of hydrogen-bond acceptors (Lipinski definition) is 2. The fourth-order valence-corrected chi connectivity index (χ4v) is 2.78. The van der Waals surface area contributed by atoms with Crippen LogP contribution in [-0.4, -0.2) is 18.0 Å². The summed E-state index contributed by atoms with van der Waals surface area (Å²) in [4.78, 5) is 12.5. The molecule has 2 rings (SSSR count). The Morgan fingerprint density at radius 1 is 1.53 bits per heavy atom. The van der Waals surface area contributed by atoms with Crippen molar-refractivity contribution in [2.45, 2.75) is 45.1 Å². The van der Waals surface area contributed by atoms with Crippen LogP contribution < -0.4 is 10.6 Å². The van der Waals surface area contributed by atoms with Gasteiger partial charge in [-0.15, -0.1) is 0 Å². The summed E-state index contributed by atoms with van der Waals surface area (Å²) in [5, 5.41) is 6.07. The van der Waals surface area contributed by atoms with E-state index in [-0.39, 0.29) is 11.7 Å². The molecule has 1 aromatic carbocycles. The number of carbonyl (C=O) groups is 1. The van der Waals surface area contributed by atoms with Crippen LogP contribution in [-0.2, 0) is 4.79 Å². The summed E-state index contributed by atoms with van der Waals surface area (Å²) in [6, 6.07) is 4.82. The summed E-state index contributed by atoms with van der Waals surface area (Å²) >= 11 is 0. The van der Waals surface area contributed by atoms with E-state index in [1.165, 1.54) is 6.07 Å². The molecule has 19 heavy (non-hydrogen) atoms. The molecule has 2 N–H and O–H groups in total. The highest BCUT2D eigenvalue weighted by molar-refractivity contribution is 5.99. The van der Waals surface area contributed by atoms with Gasteiger partial charge in [0, 0.05) is 0 Å². The Hall–Kier alpha value is -1.42. The van der Waals surface area contributed by atoms with Gasteiger partial charge in [-0.1, -0.05) is 25.5 Å². The number of anilines is 1. The SMILES string of the molecule is CCCC1(C(=O)Nc2c(C)cccc2F)CCCN1. The molecule has 0 radical (unpaired) electrons. The average molecular weight is 264 g/mol. The Balaban J connectivity index is 2.20. The predicted molar refractivity (Wildman–Crippen MR) is 74.6 cm³/mol. The number of para-hydroxylation sites is 1. The van der Waals surface area contributed by atoms with Crippen LogP contribution in [0, 0.1) is 12.7 Å². The van der Waals surface area contributed by atoms with E-state index >= 15 is 0 Å². The van der Waals surface area contributed by atoms with Crippen LogP contribution in [0.1, 0.15) is 38.2 Å². The van der Waals surface area contributed by atoms with Crippen molar-refractivity contribution < 1.29 is 9.18 Å². The van der Waals surface area contributed by atoms with Crippen LogP contribution in [0.3, 0.4) is 0 Å². The van der Waals surface area contributed by atoms with E-state index in [0.29, 0.717) is 5.69 Å². The van der Waals surface area contributed by atoms with Gasteiger partial charge in [-0.25, -0.2) is 4.39 Å². The normalized spacial score (nSPS) is 22.5. The lowest BCUT2D eigenvalue weighted by atomic mass is 9.90. The largest absolute Gasteiger partial charge is 0.322 e. The molecule has 0 saturated carbocycles. The summed E-state index contributed by atoms with van der Waals surface area (Å²) < 4.78 is 13.8. The summed E-state index contributed by atoms with van der Waals surface area (Å²) in [6.45, 7) is 4.71. The van der Waals surface area contributed by atoms with Crippen molar-refractivity contribution in [2.24, 2.45) is 0 Å². The van der Waals surface area contributed by atoms with Gasteiger partial charge in [0.1, 0.15) is 5.82 Å². The highest BCUT2D eigenvalue weighted by Crippen LogP contribution is 2.28. The van der Waals surface area contributed by atoms with Crippen LogP contribution >= 0.6 is 0 Å². The lowest BCUT2D eigenvalue weighted by Gasteiger charge is -2.28. The molecule has 0 bridgehead atoms. The fourth-order valence-electron chi connectivity index (χ4n) is 2.78. The van der Waals surface area contributed by atoms with E-state index < -0.39 is 5.54 Å². The zero-order valence-electron chi connectivity index (χ0n) is 11.6. The summed E-state index contributed by atoms with van der Waals surface area (Å²) in [6.07, 6.45) is 3.52. The number of carbonyl (C=O) groups excluding carboxylic acids is 1. The fraction of sp³-hybridized carbons (Fsp3) is 0.533. The Bertz CT molecular complexity index is 447. The van der Waals surface area contributed by atoms with Gasteiger partial charge in [0.15, 0.2) is 0 Å². The molecule has 1 fully saturated rings. The molecule has 1 unspecified atom stereocenters.